The molecule has 1 N–H and O–H groups in total. The summed E-state index contributed by atoms with van der Waals surface area (Å²) in [6, 6.07) is 13.5. The Labute approximate surface area is 140 Å². The van der Waals surface area contributed by atoms with Crippen LogP contribution < -0.4 is 4.74 Å². The van der Waals surface area contributed by atoms with E-state index in [4.69, 9.17) is 16.3 Å². The monoisotopic (exact) mass is 382 g/mol. The van der Waals surface area contributed by atoms with Gasteiger partial charge in [-0.05, 0) is 36.4 Å². The molecule has 0 fully saturated rings. The number of fused-ring (bicyclic) bond motifs is 1. The van der Waals surface area contributed by atoms with Crippen molar-refractivity contribution in [1.29, 1.82) is 0 Å². The van der Waals surface area contributed by atoms with Gasteiger partial charge < -0.3 is 9.72 Å². The minimum Gasteiger partial charge on any atom is -0.493 e. The van der Waals surface area contributed by atoms with Gasteiger partial charge in [0.1, 0.15) is 5.75 Å². The standard InChI is InChI=1S/C15H12BrClN2OS/c16-10-2-1-3-12(8-10)20-6-7-21-15-18-13-5-4-11(17)9-14(13)19-15/h1-5,8-9H,6-7H2,(H,18,19). The Morgan fingerprint density at radius 3 is 3.00 bits per heavy atom. The van der Waals surface area contributed by atoms with Crippen LogP contribution in [0.4, 0.5) is 0 Å². The summed E-state index contributed by atoms with van der Waals surface area (Å²) in [7, 11) is 0. The molecule has 1 heterocycles. The molecular weight excluding hydrogens is 372 g/mol. The van der Waals surface area contributed by atoms with E-state index in [0.29, 0.717) is 11.6 Å². The number of nitrogens with zero attached hydrogens (tertiary/aromatic N) is 1. The van der Waals surface area contributed by atoms with Gasteiger partial charge >= 0.3 is 0 Å². The normalized spacial score (nSPS) is 11.0. The van der Waals surface area contributed by atoms with Crippen LogP contribution in [0.3, 0.4) is 0 Å². The lowest BCUT2D eigenvalue weighted by atomic mass is 10.3. The first-order chi connectivity index (χ1) is 10.2. The van der Waals surface area contributed by atoms with Gasteiger partial charge in [0.25, 0.3) is 0 Å². The molecule has 0 unspecified atom stereocenters. The molecule has 0 aliphatic heterocycles. The van der Waals surface area contributed by atoms with Gasteiger partial charge in [0.15, 0.2) is 5.16 Å². The average molecular weight is 384 g/mol. The van der Waals surface area contributed by atoms with Crippen molar-refractivity contribution in [3.8, 4) is 5.75 Å². The molecule has 0 saturated carbocycles. The van der Waals surface area contributed by atoms with Crippen LogP contribution in [0.15, 0.2) is 52.1 Å². The minimum absolute atomic E-state index is 0.624. The van der Waals surface area contributed by atoms with Crippen LogP contribution in [-0.4, -0.2) is 22.3 Å². The van der Waals surface area contributed by atoms with Crippen molar-refractivity contribution in [3.05, 3.63) is 52.0 Å². The number of aromatic nitrogens is 2. The summed E-state index contributed by atoms with van der Waals surface area (Å²) >= 11 is 11.0. The lowest BCUT2D eigenvalue weighted by Crippen LogP contribution is -2.00. The van der Waals surface area contributed by atoms with Crippen molar-refractivity contribution in [3.63, 3.8) is 0 Å². The fraction of sp³-hybridized carbons (Fsp3) is 0.133. The molecular formula is C15H12BrClN2OS. The minimum atomic E-state index is 0.624. The number of hydrogen-bond acceptors (Lipinski definition) is 3. The van der Waals surface area contributed by atoms with Crippen molar-refractivity contribution in [2.45, 2.75) is 5.16 Å². The van der Waals surface area contributed by atoms with Crippen LogP contribution >= 0.6 is 39.3 Å². The first-order valence-electron chi connectivity index (χ1n) is 6.37. The lowest BCUT2D eigenvalue weighted by molar-refractivity contribution is 0.343. The summed E-state index contributed by atoms with van der Waals surface area (Å²) in [5, 5.41) is 1.59. The Kier molecular flexibility index (Phi) is 4.73. The van der Waals surface area contributed by atoms with Gasteiger partial charge in [-0.25, -0.2) is 4.98 Å². The molecule has 0 aliphatic carbocycles. The number of rotatable bonds is 5. The molecule has 0 saturated heterocycles. The van der Waals surface area contributed by atoms with Gasteiger partial charge in [0.05, 0.1) is 17.6 Å². The van der Waals surface area contributed by atoms with Gasteiger partial charge in [0.2, 0.25) is 0 Å². The highest BCUT2D eigenvalue weighted by Gasteiger charge is 2.04. The Balaban J connectivity index is 1.54. The molecule has 0 radical (unpaired) electrons. The predicted octanol–water partition coefficient (Wildman–Crippen LogP) is 5.15. The second kappa shape index (κ2) is 6.73. The summed E-state index contributed by atoms with van der Waals surface area (Å²) in [5.41, 5.74) is 1.88. The number of imidazole rings is 1. The fourth-order valence-electron chi connectivity index (χ4n) is 1.88. The number of hydrogen-bond donors (Lipinski definition) is 1. The third kappa shape index (κ3) is 3.93. The second-order valence-electron chi connectivity index (χ2n) is 4.36. The zero-order valence-electron chi connectivity index (χ0n) is 11.0. The lowest BCUT2D eigenvalue weighted by Gasteiger charge is -2.05. The van der Waals surface area contributed by atoms with Crippen molar-refractivity contribution < 1.29 is 4.74 Å². The smallest absolute Gasteiger partial charge is 0.166 e. The van der Waals surface area contributed by atoms with E-state index >= 15 is 0 Å². The van der Waals surface area contributed by atoms with Crippen molar-refractivity contribution in [1.82, 2.24) is 9.97 Å². The summed E-state index contributed by atoms with van der Waals surface area (Å²) in [6.07, 6.45) is 0. The zero-order chi connectivity index (χ0) is 14.7. The predicted molar refractivity (Wildman–Crippen MR) is 91.5 cm³/mol. The van der Waals surface area contributed by atoms with Gasteiger partial charge in [-0.3, -0.25) is 0 Å². The number of benzene rings is 2. The molecule has 0 atom stereocenters. The van der Waals surface area contributed by atoms with Crippen molar-refractivity contribution >= 4 is 50.3 Å². The van der Waals surface area contributed by atoms with Crippen LogP contribution in [0.25, 0.3) is 11.0 Å². The van der Waals surface area contributed by atoms with Crippen LogP contribution in [-0.2, 0) is 0 Å². The van der Waals surface area contributed by atoms with E-state index in [-0.39, 0.29) is 0 Å². The third-order valence-electron chi connectivity index (χ3n) is 2.81. The first kappa shape index (κ1) is 14.8. The zero-order valence-corrected chi connectivity index (χ0v) is 14.1. The number of H-pyrrole nitrogens is 1. The summed E-state index contributed by atoms with van der Waals surface area (Å²) in [4.78, 5) is 7.75. The molecule has 0 bridgehead atoms. The number of ether oxygens (including phenoxy) is 1. The molecule has 6 heteroatoms. The van der Waals surface area contributed by atoms with E-state index in [0.717, 1.165) is 32.2 Å². The molecule has 3 nitrogen and oxygen atoms in total. The molecule has 3 rings (SSSR count). The maximum absolute atomic E-state index is 5.96. The quantitative estimate of drug-likeness (QED) is 0.489. The Morgan fingerprint density at radius 2 is 2.14 bits per heavy atom. The maximum Gasteiger partial charge on any atom is 0.166 e. The van der Waals surface area contributed by atoms with Crippen LogP contribution in [0.5, 0.6) is 5.75 Å². The van der Waals surface area contributed by atoms with Crippen molar-refractivity contribution in [2.75, 3.05) is 12.4 Å². The summed E-state index contributed by atoms with van der Waals surface area (Å²) < 4.78 is 6.70. The van der Waals surface area contributed by atoms with Gasteiger partial charge in [-0.1, -0.05) is 45.4 Å². The highest BCUT2D eigenvalue weighted by atomic mass is 79.9. The van der Waals surface area contributed by atoms with Crippen LogP contribution in [0, 0.1) is 0 Å². The van der Waals surface area contributed by atoms with E-state index in [2.05, 4.69) is 25.9 Å². The Hall–Kier alpha value is -1.17. The number of halogens is 2. The van der Waals surface area contributed by atoms with Crippen LogP contribution in [0.2, 0.25) is 5.02 Å². The van der Waals surface area contributed by atoms with E-state index in [1.807, 2.05) is 42.5 Å². The largest absolute Gasteiger partial charge is 0.493 e. The van der Waals surface area contributed by atoms with Gasteiger partial charge in [0, 0.05) is 15.2 Å². The second-order valence-corrected chi connectivity index (χ2v) is 6.79. The SMILES string of the molecule is Clc1ccc2nc(SCCOc3cccc(Br)c3)[nH]c2c1. The van der Waals surface area contributed by atoms with E-state index in [1.165, 1.54) is 0 Å². The van der Waals surface area contributed by atoms with Crippen molar-refractivity contribution in [2.24, 2.45) is 0 Å². The number of thioether (sulfide) groups is 1. The maximum atomic E-state index is 5.96. The first-order valence-corrected chi connectivity index (χ1v) is 8.53. The van der Waals surface area contributed by atoms with E-state index in [9.17, 15) is 0 Å². The molecule has 3 aromatic rings. The van der Waals surface area contributed by atoms with Crippen LogP contribution in [0.1, 0.15) is 0 Å². The van der Waals surface area contributed by atoms with E-state index in [1.54, 1.807) is 11.8 Å². The Morgan fingerprint density at radius 1 is 1.24 bits per heavy atom. The highest BCUT2D eigenvalue weighted by Crippen LogP contribution is 2.22. The molecule has 2 aromatic carbocycles. The summed E-state index contributed by atoms with van der Waals surface area (Å²) in [6.45, 7) is 0.624. The Bertz CT molecular complexity index is 762. The fourth-order valence-corrected chi connectivity index (χ4v) is 3.14. The molecule has 1 aromatic heterocycles. The third-order valence-corrected chi connectivity index (χ3v) is 4.38. The number of nitrogens with one attached hydrogen (secondary N) is 1. The van der Waals surface area contributed by atoms with E-state index < -0.39 is 0 Å². The molecule has 0 aliphatic rings. The highest BCUT2D eigenvalue weighted by molar-refractivity contribution is 9.10. The molecule has 0 spiro atoms. The molecule has 108 valence electrons. The molecule has 21 heavy (non-hydrogen) atoms. The van der Waals surface area contributed by atoms with Gasteiger partial charge in [-0.2, -0.15) is 0 Å². The van der Waals surface area contributed by atoms with Gasteiger partial charge in [-0.15, -0.1) is 0 Å². The topological polar surface area (TPSA) is 37.9 Å². The average Bonchev–Trinajstić information content (AvgIpc) is 2.85. The number of aromatic amines is 1. The molecule has 0 amide bonds. The summed E-state index contributed by atoms with van der Waals surface area (Å²) in [5.74, 6) is 1.68.